The average molecular weight is 380 g/mol. The van der Waals surface area contributed by atoms with Crippen LogP contribution >= 0.6 is 11.6 Å². The zero-order chi connectivity index (χ0) is 19.1. The van der Waals surface area contributed by atoms with Gasteiger partial charge in [-0.2, -0.15) is 15.3 Å². The van der Waals surface area contributed by atoms with Gasteiger partial charge in [-0.3, -0.25) is 15.5 Å². The number of azo groups is 1. The number of nitro groups is 1. The van der Waals surface area contributed by atoms with Crippen LogP contribution in [-0.4, -0.2) is 10.1 Å². The molecule has 3 rings (SSSR count). The van der Waals surface area contributed by atoms with Gasteiger partial charge in [0.05, 0.1) is 22.0 Å². The summed E-state index contributed by atoms with van der Waals surface area (Å²) in [5.41, 5.74) is 5.63. The summed E-state index contributed by atoms with van der Waals surface area (Å²) in [6.45, 7) is 0. The van der Waals surface area contributed by atoms with E-state index in [-0.39, 0.29) is 5.69 Å². The number of nitro benzene ring substituents is 1. The maximum atomic E-state index is 10.6. The van der Waals surface area contributed by atoms with Crippen molar-refractivity contribution >= 4 is 39.5 Å². The van der Waals surface area contributed by atoms with E-state index in [1.54, 1.807) is 24.3 Å². The molecule has 0 saturated carbocycles. The highest BCUT2D eigenvalue weighted by Gasteiger charge is 2.03. The van der Waals surface area contributed by atoms with Crippen molar-refractivity contribution in [3.8, 4) is 0 Å². The number of hydrogen-bond donors (Lipinski definition) is 1. The largest absolute Gasteiger partial charge is 0.277 e. The minimum absolute atomic E-state index is 0.0131. The van der Waals surface area contributed by atoms with E-state index < -0.39 is 4.92 Å². The van der Waals surface area contributed by atoms with Gasteiger partial charge in [0.1, 0.15) is 0 Å². The molecule has 0 aromatic heterocycles. The van der Waals surface area contributed by atoms with Crippen molar-refractivity contribution in [3.05, 3.63) is 94.5 Å². The summed E-state index contributed by atoms with van der Waals surface area (Å²) in [7, 11) is 0. The molecule has 0 atom stereocenters. The van der Waals surface area contributed by atoms with Crippen LogP contribution in [0.4, 0.5) is 22.7 Å². The Balaban J connectivity index is 1.62. The molecule has 0 unspecified atom stereocenters. The third kappa shape index (κ3) is 5.20. The van der Waals surface area contributed by atoms with Crippen molar-refractivity contribution in [3.63, 3.8) is 0 Å². The van der Waals surface area contributed by atoms with Crippen LogP contribution in [-0.2, 0) is 0 Å². The Morgan fingerprint density at radius 1 is 0.852 bits per heavy atom. The molecule has 3 aromatic carbocycles. The van der Waals surface area contributed by atoms with Crippen molar-refractivity contribution in [2.45, 2.75) is 0 Å². The average Bonchev–Trinajstić information content (AvgIpc) is 2.72. The number of halogens is 1. The standard InChI is InChI=1S/C19H14ClN5O2/c20-19(14-4-2-1-3-5-14)24-23-16-8-6-15(7-9-16)21-22-17-10-12-18(13-11-17)25(26)27/h1-13,23H/b22-21?,24-19-. The predicted octanol–water partition coefficient (Wildman–Crippen LogP) is 6.02. The van der Waals surface area contributed by atoms with Crippen LogP contribution in [0.2, 0.25) is 0 Å². The van der Waals surface area contributed by atoms with E-state index in [9.17, 15) is 10.1 Å². The molecule has 0 heterocycles. The molecule has 0 amide bonds. The molecule has 1 N–H and O–H groups in total. The number of rotatable bonds is 6. The molecule has 0 aliphatic carbocycles. The van der Waals surface area contributed by atoms with Gasteiger partial charge in [-0.05, 0) is 36.4 Å². The first-order chi connectivity index (χ1) is 13.1. The van der Waals surface area contributed by atoms with Crippen molar-refractivity contribution in [2.24, 2.45) is 15.3 Å². The second-order valence-corrected chi connectivity index (χ2v) is 5.76. The molecule has 0 bridgehead atoms. The molecule has 0 aliphatic heterocycles. The van der Waals surface area contributed by atoms with Gasteiger partial charge in [-0.1, -0.05) is 41.9 Å². The van der Waals surface area contributed by atoms with Crippen LogP contribution in [0.3, 0.4) is 0 Å². The normalized spacial score (nSPS) is 11.5. The van der Waals surface area contributed by atoms with Gasteiger partial charge in [0.15, 0.2) is 5.17 Å². The smallest absolute Gasteiger partial charge is 0.269 e. The fourth-order valence-electron chi connectivity index (χ4n) is 2.11. The lowest BCUT2D eigenvalue weighted by molar-refractivity contribution is -0.384. The highest BCUT2D eigenvalue weighted by atomic mass is 35.5. The third-order valence-electron chi connectivity index (χ3n) is 3.50. The Hall–Kier alpha value is -3.58. The molecule has 0 aliphatic rings. The van der Waals surface area contributed by atoms with Crippen LogP contribution in [0.1, 0.15) is 5.56 Å². The minimum Gasteiger partial charge on any atom is -0.277 e. The first kappa shape index (κ1) is 18.2. The maximum absolute atomic E-state index is 10.6. The molecule has 134 valence electrons. The van der Waals surface area contributed by atoms with E-state index in [0.29, 0.717) is 16.5 Å². The second kappa shape index (κ2) is 8.68. The topological polar surface area (TPSA) is 92.2 Å². The SMILES string of the molecule is O=[N+]([O-])c1ccc(N=Nc2ccc(N/N=C(\Cl)c3ccccc3)cc2)cc1. The quantitative estimate of drug-likeness (QED) is 0.245. The zero-order valence-electron chi connectivity index (χ0n) is 14.0. The maximum Gasteiger partial charge on any atom is 0.269 e. The van der Waals surface area contributed by atoms with Crippen LogP contribution in [0, 0.1) is 10.1 Å². The number of non-ortho nitro benzene ring substituents is 1. The van der Waals surface area contributed by atoms with Crippen molar-refractivity contribution in [1.29, 1.82) is 0 Å². The zero-order valence-corrected chi connectivity index (χ0v) is 14.7. The van der Waals surface area contributed by atoms with E-state index in [0.717, 1.165) is 11.3 Å². The number of benzene rings is 3. The van der Waals surface area contributed by atoms with E-state index >= 15 is 0 Å². The fraction of sp³-hybridized carbons (Fsp3) is 0. The van der Waals surface area contributed by atoms with Gasteiger partial charge in [-0.25, -0.2) is 0 Å². The number of hydrogen-bond acceptors (Lipinski definition) is 6. The summed E-state index contributed by atoms with van der Waals surface area (Å²) < 4.78 is 0. The Morgan fingerprint density at radius 2 is 1.41 bits per heavy atom. The Labute approximate surface area is 160 Å². The Bertz CT molecular complexity index is 971. The number of nitrogens with zero attached hydrogens (tertiary/aromatic N) is 4. The molecule has 7 nitrogen and oxygen atoms in total. The lowest BCUT2D eigenvalue weighted by Gasteiger charge is -2.02. The molecular weight excluding hydrogens is 366 g/mol. The second-order valence-electron chi connectivity index (χ2n) is 5.40. The Morgan fingerprint density at radius 3 is 1.96 bits per heavy atom. The minimum atomic E-state index is -0.459. The monoisotopic (exact) mass is 379 g/mol. The molecule has 0 saturated heterocycles. The summed E-state index contributed by atoms with van der Waals surface area (Å²) in [6.07, 6.45) is 0. The van der Waals surface area contributed by atoms with Gasteiger partial charge in [0.25, 0.3) is 5.69 Å². The fourth-order valence-corrected chi connectivity index (χ4v) is 2.28. The van der Waals surface area contributed by atoms with E-state index in [4.69, 9.17) is 11.6 Å². The molecular formula is C19H14ClN5O2. The molecule has 3 aromatic rings. The predicted molar refractivity (Wildman–Crippen MR) is 106 cm³/mol. The van der Waals surface area contributed by atoms with Gasteiger partial charge in [0, 0.05) is 17.7 Å². The number of nitrogens with one attached hydrogen (secondary N) is 1. The van der Waals surface area contributed by atoms with Crippen molar-refractivity contribution in [1.82, 2.24) is 0 Å². The summed E-state index contributed by atoms with van der Waals surface area (Å²) >= 11 is 6.15. The summed E-state index contributed by atoms with van der Waals surface area (Å²) in [4.78, 5) is 10.2. The van der Waals surface area contributed by atoms with Crippen LogP contribution in [0.15, 0.2) is 94.2 Å². The summed E-state index contributed by atoms with van der Waals surface area (Å²) in [5.74, 6) is 0. The summed E-state index contributed by atoms with van der Waals surface area (Å²) in [5, 5.41) is 23.3. The third-order valence-corrected chi connectivity index (χ3v) is 3.81. The number of anilines is 1. The highest BCUT2D eigenvalue weighted by molar-refractivity contribution is 6.69. The van der Waals surface area contributed by atoms with E-state index in [1.807, 2.05) is 30.3 Å². The van der Waals surface area contributed by atoms with Gasteiger partial charge >= 0.3 is 0 Å². The van der Waals surface area contributed by atoms with Crippen LogP contribution < -0.4 is 5.43 Å². The lowest BCUT2D eigenvalue weighted by Crippen LogP contribution is -1.96. The Kier molecular flexibility index (Phi) is 5.86. The van der Waals surface area contributed by atoms with Crippen LogP contribution in [0.25, 0.3) is 0 Å². The molecule has 8 heteroatoms. The van der Waals surface area contributed by atoms with Crippen molar-refractivity contribution in [2.75, 3.05) is 5.43 Å². The van der Waals surface area contributed by atoms with Gasteiger partial charge < -0.3 is 0 Å². The molecule has 0 radical (unpaired) electrons. The molecule has 0 spiro atoms. The molecule has 0 fully saturated rings. The first-order valence-corrected chi connectivity index (χ1v) is 8.30. The van der Waals surface area contributed by atoms with Gasteiger partial charge in [-0.15, -0.1) is 0 Å². The summed E-state index contributed by atoms with van der Waals surface area (Å²) in [6, 6.07) is 22.4. The van der Waals surface area contributed by atoms with Crippen LogP contribution in [0.5, 0.6) is 0 Å². The van der Waals surface area contributed by atoms with E-state index in [1.165, 1.54) is 24.3 Å². The van der Waals surface area contributed by atoms with E-state index in [2.05, 4.69) is 20.8 Å². The number of hydrazone groups is 1. The highest BCUT2D eigenvalue weighted by Crippen LogP contribution is 2.22. The van der Waals surface area contributed by atoms with Gasteiger partial charge in [0.2, 0.25) is 0 Å². The first-order valence-electron chi connectivity index (χ1n) is 7.93. The lowest BCUT2D eigenvalue weighted by atomic mass is 10.2. The van der Waals surface area contributed by atoms with Crippen molar-refractivity contribution < 1.29 is 4.92 Å². The molecule has 27 heavy (non-hydrogen) atoms.